The molecule has 1 N–H and O–H groups in total. The first-order chi connectivity index (χ1) is 10.1. The van der Waals surface area contributed by atoms with Gasteiger partial charge in [0.1, 0.15) is 23.2 Å². The molecule has 0 spiro atoms. The molecule has 2 aromatic carbocycles. The maximum absolute atomic E-state index is 11.9. The summed E-state index contributed by atoms with van der Waals surface area (Å²) in [7, 11) is 1.30. The number of rotatable bonds is 2. The normalized spacial score (nSPS) is 19.7. The Kier molecular flexibility index (Phi) is 3.29. The van der Waals surface area contributed by atoms with Crippen molar-refractivity contribution in [2.45, 2.75) is 18.9 Å². The van der Waals surface area contributed by atoms with Gasteiger partial charge in [-0.3, -0.25) is 0 Å². The number of carbonyl (C=O) groups is 1. The average molecular weight is 284 g/mol. The maximum Gasteiger partial charge on any atom is 0.342 e. The van der Waals surface area contributed by atoms with E-state index in [4.69, 9.17) is 9.47 Å². The fourth-order valence-electron chi connectivity index (χ4n) is 2.85. The van der Waals surface area contributed by atoms with Gasteiger partial charge < -0.3 is 14.6 Å². The quantitative estimate of drug-likeness (QED) is 0.859. The number of hydrogen-bond donors (Lipinski definition) is 1. The molecule has 0 aromatic heterocycles. The van der Waals surface area contributed by atoms with E-state index < -0.39 is 5.97 Å². The second-order valence-electron chi connectivity index (χ2n) is 5.10. The maximum atomic E-state index is 11.9. The molecule has 1 aliphatic heterocycles. The Hall–Kier alpha value is -2.49. The molecule has 2 atom stereocenters. The molecular formula is C17H16O4. The lowest BCUT2D eigenvalue weighted by Crippen LogP contribution is -2.10. The third kappa shape index (κ3) is 2.13. The zero-order valence-electron chi connectivity index (χ0n) is 11.9. The number of phenols is 1. The van der Waals surface area contributed by atoms with E-state index in [9.17, 15) is 9.90 Å². The van der Waals surface area contributed by atoms with Crippen molar-refractivity contribution < 1.29 is 19.4 Å². The van der Waals surface area contributed by atoms with Crippen LogP contribution in [-0.4, -0.2) is 18.2 Å². The van der Waals surface area contributed by atoms with Crippen LogP contribution in [0.2, 0.25) is 0 Å². The van der Waals surface area contributed by atoms with Crippen molar-refractivity contribution in [2.24, 2.45) is 0 Å². The standard InChI is InChI=1S/C17H16O4/c1-10-14-13(9-8-12(18)15(14)17(19)20-2)21-16(10)11-6-4-3-5-7-11/h3-10,16,18H,1-2H3. The smallest absolute Gasteiger partial charge is 0.342 e. The van der Waals surface area contributed by atoms with E-state index in [-0.39, 0.29) is 23.3 Å². The number of benzene rings is 2. The zero-order valence-corrected chi connectivity index (χ0v) is 11.9. The van der Waals surface area contributed by atoms with Crippen molar-refractivity contribution in [3.8, 4) is 11.5 Å². The highest BCUT2D eigenvalue weighted by Gasteiger charge is 2.37. The zero-order chi connectivity index (χ0) is 15.0. The first-order valence-corrected chi connectivity index (χ1v) is 6.79. The van der Waals surface area contributed by atoms with E-state index in [1.807, 2.05) is 37.3 Å². The lowest BCUT2D eigenvalue weighted by Gasteiger charge is -2.16. The summed E-state index contributed by atoms with van der Waals surface area (Å²) >= 11 is 0. The van der Waals surface area contributed by atoms with Crippen LogP contribution in [0.5, 0.6) is 11.5 Å². The Morgan fingerprint density at radius 3 is 2.57 bits per heavy atom. The fraction of sp³-hybridized carbons (Fsp3) is 0.235. The van der Waals surface area contributed by atoms with E-state index in [2.05, 4.69) is 0 Å². The first-order valence-electron chi connectivity index (χ1n) is 6.79. The van der Waals surface area contributed by atoms with Gasteiger partial charge in [0.05, 0.1) is 7.11 Å². The van der Waals surface area contributed by atoms with Gasteiger partial charge in [-0.1, -0.05) is 37.3 Å². The van der Waals surface area contributed by atoms with Gasteiger partial charge in [-0.15, -0.1) is 0 Å². The van der Waals surface area contributed by atoms with Gasteiger partial charge in [0.15, 0.2) is 0 Å². The van der Waals surface area contributed by atoms with E-state index in [1.165, 1.54) is 13.2 Å². The summed E-state index contributed by atoms with van der Waals surface area (Å²) in [5.41, 5.74) is 1.94. The topological polar surface area (TPSA) is 55.8 Å². The molecule has 21 heavy (non-hydrogen) atoms. The highest BCUT2D eigenvalue weighted by atomic mass is 16.5. The molecule has 1 heterocycles. The monoisotopic (exact) mass is 284 g/mol. The van der Waals surface area contributed by atoms with Gasteiger partial charge in [0, 0.05) is 11.5 Å². The number of fused-ring (bicyclic) bond motifs is 1. The Labute approximate surface area is 122 Å². The molecular weight excluding hydrogens is 268 g/mol. The second-order valence-corrected chi connectivity index (χ2v) is 5.10. The summed E-state index contributed by atoms with van der Waals surface area (Å²) in [5.74, 6) is -0.0589. The number of ether oxygens (including phenoxy) is 2. The van der Waals surface area contributed by atoms with E-state index in [0.717, 1.165) is 5.56 Å². The molecule has 0 aliphatic carbocycles. The molecule has 0 fully saturated rings. The average Bonchev–Trinajstić information content (AvgIpc) is 2.85. The molecule has 108 valence electrons. The molecule has 0 radical (unpaired) electrons. The molecule has 1 aliphatic rings. The minimum atomic E-state index is -0.548. The summed E-state index contributed by atoms with van der Waals surface area (Å²) in [6.07, 6.45) is -0.175. The number of hydrogen-bond acceptors (Lipinski definition) is 4. The summed E-state index contributed by atoms with van der Waals surface area (Å²) in [4.78, 5) is 11.9. The molecule has 2 aromatic rings. The lowest BCUT2D eigenvalue weighted by molar-refractivity contribution is 0.0596. The molecule has 0 saturated heterocycles. The van der Waals surface area contributed by atoms with E-state index in [0.29, 0.717) is 11.3 Å². The van der Waals surface area contributed by atoms with Crippen LogP contribution in [0.15, 0.2) is 42.5 Å². The van der Waals surface area contributed by atoms with Crippen molar-refractivity contribution in [3.63, 3.8) is 0 Å². The molecule has 0 amide bonds. The number of phenolic OH excluding ortho intramolecular Hbond substituents is 1. The minimum absolute atomic E-state index is 0.0522. The molecule has 0 saturated carbocycles. The first kappa shape index (κ1) is 13.5. The predicted octanol–water partition coefficient (Wildman–Crippen LogP) is 3.42. The van der Waals surface area contributed by atoms with Crippen molar-refractivity contribution >= 4 is 5.97 Å². The summed E-state index contributed by atoms with van der Waals surface area (Å²) in [6.45, 7) is 1.98. The molecule has 4 heteroatoms. The van der Waals surface area contributed by atoms with E-state index in [1.54, 1.807) is 6.07 Å². The van der Waals surface area contributed by atoms with Crippen molar-refractivity contribution in [1.29, 1.82) is 0 Å². The number of esters is 1. The van der Waals surface area contributed by atoms with Gasteiger partial charge in [-0.2, -0.15) is 0 Å². The van der Waals surface area contributed by atoms with Gasteiger partial charge in [-0.25, -0.2) is 4.79 Å². The molecule has 3 rings (SSSR count). The van der Waals surface area contributed by atoms with Crippen LogP contribution in [0.1, 0.15) is 40.4 Å². The third-order valence-corrected chi connectivity index (χ3v) is 3.86. The number of aromatic hydroxyl groups is 1. The minimum Gasteiger partial charge on any atom is -0.507 e. The Balaban J connectivity index is 2.08. The van der Waals surface area contributed by atoms with Gasteiger partial charge in [0.2, 0.25) is 0 Å². The molecule has 2 unspecified atom stereocenters. The highest BCUT2D eigenvalue weighted by molar-refractivity contribution is 5.95. The van der Waals surface area contributed by atoms with Gasteiger partial charge >= 0.3 is 5.97 Å². The predicted molar refractivity (Wildman–Crippen MR) is 77.7 cm³/mol. The lowest BCUT2D eigenvalue weighted by atomic mass is 9.89. The summed E-state index contributed by atoms with van der Waals surface area (Å²) in [5, 5.41) is 9.99. The highest BCUT2D eigenvalue weighted by Crippen LogP contribution is 2.49. The van der Waals surface area contributed by atoms with Crippen molar-refractivity contribution in [2.75, 3.05) is 7.11 Å². The molecule has 4 nitrogen and oxygen atoms in total. The van der Waals surface area contributed by atoms with Crippen LogP contribution in [0.3, 0.4) is 0 Å². The third-order valence-electron chi connectivity index (χ3n) is 3.86. The number of carbonyl (C=O) groups excluding carboxylic acids is 1. The van der Waals surface area contributed by atoms with Crippen LogP contribution in [0.4, 0.5) is 0 Å². The van der Waals surface area contributed by atoms with Gasteiger partial charge in [0.25, 0.3) is 0 Å². The Bertz CT molecular complexity index is 679. The second kappa shape index (κ2) is 5.13. The Morgan fingerprint density at radius 1 is 1.19 bits per heavy atom. The van der Waals surface area contributed by atoms with Crippen LogP contribution >= 0.6 is 0 Å². The Morgan fingerprint density at radius 2 is 1.90 bits per heavy atom. The van der Waals surface area contributed by atoms with Crippen LogP contribution in [0.25, 0.3) is 0 Å². The van der Waals surface area contributed by atoms with Crippen molar-refractivity contribution in [1.82, 2.24) is 0 Å². The summed E-state index contributed by atoms with van der Waals surface area (Å²) in [6, 6.07) is 13.0. The number of methoxy groups -OCH3 is 1. The van der Waals surface area contributed by atoms with E-state index >= 15 is 0 Å². The van der Waals surface area contributed by atoms with Crippen LogP contribution in [0, 0.1) is 0 Å². The van der Waals surface area contributed by atoms with Gasteiger partial charge in [-0.05, 0) is 17.7 Å². The SMILES string of the molecule is COC(=O)c1c(O)ccc2c1C(C)C(c1ccccc1)O2. The van der Waals surface area contributed by atoms with Crippen molar-refractivity contribution in [3.05, 3.63) is 59.2 Å². The largest absolute Gasteiger partial charge is 0.507 e. The van der Waals surface area contributed by atoms with Crippen LogP contribution < -0.4 is 4.74 Å². The van der Waals surface area contributed by atoms with Crippen LogP contribution in [-0.2, 0) is 4.74 Å². The molecule has 0 bridgehead atoms. The summed E-state index contributed by atoms with van der Waals surface area (Å²) < 4.78 is 10.8. The fourth-order valence-corrected chi connectivity index (χ4v) is 2.85.